The molecule has 1 aromatic carbocycles. The smallest absolute Gasteiger partial charge is 0.339 e. The second-order valence-electron chi connectivity index (χ2n) is 3.65. The Labute approximate surface area is 88.5 Å². The number of nitrogens with one attached hydrogen (secondary N) is 1. The molecular formula is C11H14N2O2. The number of urea groups is 1. The number of rotatable bonds is 1. The fraction of sp³-hybridized carbons (Fsp3) is 0.364. The summed E-state index contributed by atoms with van der Waals surface area (Å²) in [7, 11) is 1.51. The number of fused-ring (bicyclic) bond motifs is 1. The predicted molar refractivity (Wildman–Crippen MR) is 55.6 cm³/mol. The summed E-state index contributed by atoms with van der Waals surface area (Å²) in [6.07, 6.45) is 1.69. The van der Waals surface area contributed by atoms with Gasteiger partial charge in [0.05, 0.1) is 6.04 Å². The van der Waals surface area contributed by atoms with Gasteiger partial charge in [-0.05, 0) is 24.0 Å². The lowest BCUT2D eigenvalue weighted by Gasteiger charge is -2.22. The second-order valence-corrected chi connectivity index (χ2v) is 3.65. The third kappa shape index (κ3) is 1.68. The van der Waals surface area contributed by atoms with Gasteiger partial charge in [-0.15, -0.1) is 0 Å². The average Bonchev–Trinajstić information content (AvgIpc) is 2.70. The first-order valence-corrected chi connectivity index (χ1v) is 5.01. The van der Waals surface area contributed by atoms with E-state index in [-0.39, 0.29) is 6.04 Å². The standard InChI is InChI=1S/C11H14N2O2/c1-12-11(14)13(15)10-7-6-8-4-2-3-5-9(8)10/h2-5,10,15H,6-7H2,1H3,(H,12,14). The van der Waals surface area contributed by atoms with Gasteiger partial charge in [-0.3, -0.25) is 5.21 Å². The van der Waals surface area contributed by atoms with Crippen molar-refractivity contribution in [1.29, 1.82) is 0 Å². The van der Waals surface area contributed by atoms with Crippen LogP contribution in [0.25, 0.3) is 0 Å². The van der Waals surface area contributed by atoms with E-state index in [9.17, 15) is 10.0 Å². The average molecular weight is 206 g/mol. The van der Waals surface area contributed by atoms with Crippen LogP contribution in [0.5, 0.6) is 0 Å². The van der Waals surface area contributed by atoms with E-state index in [2.05, 4.69) is 5.32 Å². The zero-order chi connectivity index (χ0) is 10.8. The number of amides is 2. The van der Waals surface area contributed by atoms with E-state index in [1.165, 1.54) is 12.6 Å². The van der Waals surface area contributed by atoms with Crippen molar-refractivity contribution < 1.29 is 10.0 Å². The Bertz CT molecular complexity index is 379. The van der Waals surface area contributed by atoms with Gasteiger partial charge in [-0.1, -0.05) is 24.3 Å². The summed E-state index contributed by atoms with van der Waals surface area (Å²) in [6.45, 7) is 0. The van der Waals surface area contributed by atoms with Gasteiger partial charge in [0.2, 0.25) is 0 Å². The molecule has 0 spiro atoms. The molecule has 1 atom stereocenters. The Morgan fingerprint density at radius 2 is 2.27 bits per heavy atom. The number of hydrogen-bond donors (Lipinski definition) is 2. The number of aryl methyl sites for hydroxylation is 1. The fourth-order valence-corrected chi connectivity index (χ4v) is 2.04. The highest BCUT2D eigenvalue weighted by molar-refractivity contribution is 5.73. The molecule has 0 saturated carbocycles. The van der Waals surface area contributed by atoms with Gasteiger partial charge in [-0.25, -0.2) is 4.79 Å². The van der Waals surface area contributed by atoms with Crippen LogP contribution in [0.4, 0.5) is 4.79 Å². The molecule has 1 aliphatic carbocycles. The van der Waals surface area contributed by atoms with Gasteiger partial charge in [0.1, 0.15) is 0 Å². The monoisotopic (exact) mass is 206 g/mol. The molecule has 0 saturated heterocycles. The predicted octanol–water partition coefficient (Wildman–Crippen LogP) is 1.70. The fourth-order valence-electron chi connectivity index (χ4n) is 2.04. The van der Waals surface area contributed by atoms with Crippen LogP contribution in [0.2, 0.25) is 0 Å². The van der Waals surface area contributed by atoms with Gasteiger partial charge in [0.25, 0.3) is 0 Å². The number of benzene rings is 1. The largest absolute Gasteiger partial charge is 0.341 e. The minimum atomic E-state index is -0.461. The molecule has 0 fully saturated rings. The summed E-state index contributed by atoms with van der Waals surface area (Å²) in [4.78, 5) is 11.3. The van der Waals surface area contributed by atoms with E-state index >= 15 is 0 Å². The molecule has 0 radical (unpaired) electrons. The minimum Gasteiger partial charge on any atom is -0.339 e. The SMILES string of the molecule is CNC(=O)N(O)C1CCc2ccccc21. The zero-order valence-electron chi connectivity index (χ0n) is 8.60. The number of nitrogens with zero attached hydrogens (tertiary/aromatic N) is 1. The highest BCUT2D eigenvalue weighted by Crippen LogP contribution is 2.34. The molecule has 15 heavy (non-hydrogen) atoms. The van der Waals surface area contributed by atoms with Crippen LogP contribution in [0.1, 0.15) is 23.6 Å². The maximum Gasteiger partial charge on any atom is 0.341 e. The van der Waals surface area contributed by atoms with Crippen molar-refractivity contribution in [3.05, 3.63) is 35.4 Å². The van der Waals surface area contributed by atoms with Gasteiger partial charge in [0.15, 0.2) is 0 Å². The van der Waals surface area contributed by atoms with Crippen LogP contribution in [0.15, 0.2) is 24.3 Å². The van der Waals surface area contributed by atoms with Crippen molar-refractivity contribution in [2.75, 3.05) is 7.05 Å². The maximum atomic E-state index is 11.3. The number of hydrogen-bond acceptors (Lipinski definition) is 2. The molecule has 0 aliphatic heterocycles. The van der Waals surface area contributed by atoms with E-state index in [0.717, 1.165) is 23.5 Å². The zero-order valence-corrected chi connectivity index (χ0v) is 8.60. The van der Waals surface area contributed by atoms with E-state index in [1.807, 2.05) is 24.3 Å². The van der Waals surface area contributed by atoms with Crippen molar-refractivity contribution in [2.24, 2.45) is 0 Å². The van der Waals surface area contributed by atoms with E-state index in [4.69, 9.17) is 0 Å². The molecule has 4 heteroatoms. The summed E-state index contributed by atoms with van der Waals surface area (Å²) in [5.41, 5.74) is 2.26. The molecule has 2 rings (SSSR count). The van der Waals surface area contributed by atoms with Crippen molar-refractivity contribution in [3.8, 4) is 0 Å². The molecule has 0 aromatic heterocycles. The molecule has 4 nitrogen and oxygen atoms in total. The quantitative estimate of drug-likeness (QED) is 0.543. The molecule has 1 unspecified atom stereocenters. The Hall–Kier alpha value is -1.55. The first-order chi connectivity index (χ1) is 7.24. The third-order valence-electron chi connectivity index (χ3n) is 2.82. The molecule has 2 amide bonds. The van der Waals surface area contributed by atoms with E-state index in [1.54, 1.807) is 0 Å². The molecule has 0 bridgehead atoms. The van der Waals surface area contributed by atoms with Crippen LogP contribution >= 0.6 is 0 Å². The van der Waals surface area contributed by atoms with E-state index < -0.39 is 6.03 Å². The summed E-state index contributed by atoms with van der Waals surface area (Å²) >= 11 is 0. The highest BCUT2D eigenvalue weighted by Gasteiger charge is 2.29. The van der Waals surface area contributed by atoms with Crippen LogP contribution in [-0.2, 0) is 6.42 Å². The second kappa shape index (κ2) is 3.90. The summed E-state index contributed by atoms with van der Waals surface area (Å²) < 4.78 is 0. The molecule has 2 N–H and O–H groups in total. The first kappa shape index (κ1) is 9.98. The highest BCUT2D eigenvalue weighted by atomic mass is 16.5. The van der Waals surface area contributed by atoms with Crippen LogP contribution in [-0.4, -0.2) is 23.3 Å². The van der Waals surface area contributed by atoms with Gasteiger partial charge >= 0.3 is 6.03 Å². The Morgan fingerprint density at radius 3 is 3.00 bits per heavy atom. The van der Waals surface area contributed by atoms with Gasteiger partial charge in [0, 0.05) is 7.05 Å². The van der Waals surface area contributed by atoms with Gasteiger partial charge in [-0.2, -0.15) is 5.06 Å². The van der Waals surface area contributed by atoms with Crippen LogP contribution in [0, 0.1) is 0 Å². The lowest BCUT2D eigenvalue weighted by Crippen LogP contribution is -2.37. The molecule has 0 heterocycles. The van der Waals surface area contributed by atoms with E-state index in [0.29, 0.717) is 0 Å². The van der Waals surface area contributed by atoms with Crippen molar-refractivity contribution >= 4 is 6.03 Å². The number of carbonyl (C=O) groups is 1. The van der Waals surface area contributed by atoms with Crippen LogP contribution < -0.4 is 5.32 Å². The number of hydroxylamine groups is 2. The third-order valence-corrected chi connectivity index (χ3v) is 2.82. The van der Waals surface area contributed by atoms with Gasteiger partial charge < -0.3 is 5.32 Å². The lowest BCUT2D eigenvalue weighted by molar-refractivity contribution is -0.0785. The minimum absolute atomic E-state index is 0.207. The summed E-state index contributed by atoms with van der Waals surface area (Å²) in [5, 5.41) is 12.9. The Morgan fingerprint density at radius 1 is 1.53 bits per heavy atom. The molecule has 1 aromatic rings. The summed E-state index contributed by atoms with van der Waals surface area (Å²) in [5.74, 6) is 0. The maximum absolute atomic E-state index is 11.3. The molecular weight excluding hydrogens is 192 g/mol. The topological polar surface area (TPSA) is 52.6 Å². The van der Waals surface area contributed by atoms with Crippen molar-refractivity contribution in [1.82, 2.24) is 10.4 Å². The Kier molecular flexibility index (Phi) is 2.60. The molecule has 1 aliphatic rings. The normalized spacial score (nSPS) is 18.4. The number of carbonyl (C=O) groups excluding carboxylic acids is 1. The van der Waals surface area contributed by atoms with Crippen molar-refractivity contribution in [3.63, 3.8) is 0 Å². The summed E-state index contributed by atoms with van der Waals surface area (Å²) in [6, 6.07) is 7.22. The first-order valence-electron chi connectivity index (χ1n) is 5.01. The van der Waals surface area contributed by atoms with Crippen LogP contribution in [0.3, 0.4) is 0 Å². The van der Waals surface area contributed by atoms with Crippen molar-refractivity contribution in [2.45, 2.75) is 18.9 Å². The Balaban J connectivity index is 2.24. The lowest BCUT2D eigenvalue weighted by atomic mass is 10.1. The molecule has 80 valence electrons.